The van der Waals surface area contributed by atoms with Crippen LogP contribution in [0.15, 0.2) is 48.5 Å². The Balaban J connectivity index is 1.74. The van der Waals surface area contributed by atoms with Crippen LogP contribution in [0.3, 0.4) is 0 Å². The van der Waals surface area contributed by atoms with Crippen LogP contribution in [0, 0.1) is 0 Å². The predicted molar refractivity (Wildman–Crippen MR) is 162 cm³/mol. The van der Waals surface area contributed by atoms with Gasteiger partial charge in [0.1, 0.15) is 0 Å². The predicted octanol–water partition coefficient (Wildman–Crippen LogP) is 5.99. The molecule has 1 saturated heterocycles. The van der Waals surface area contributed by atoms with Gasteiger partial charge in [0.25, 0.3) is 5.91 Å². The van der Waals surface area contributed by atoms with Gasteiger partial charge in [-0.25, -0.2) is 0 Å². The summed E-state index contributed by atoms with van der Waals surface area (Å²) in [5, 5.41) is 7.40. The van der Waals surface area contributed by atoms with Gasteiger partial charge in [0.15, 0.2) is 0 Å². The average molecular weight is 576 g/mol. The molecule has 2 aromatic rings. The molecule has 39 heavy (non-hydrogen) atoms. The number of nitrogens with zero attached hydrogens (tertiary/aromatic N) is 2. The number of carbonyl (C=O) groups is 2. The van der Waals surface area contributed by atoms with Crippen LogP contribution in [0.4, 0.5) is 0 Å². The lowest BCUT2D eigenvalue weighted by Crippen LogP contribution is -2.51. The molecule has 1 fully saturated rings. The minimum Gasteiger partial charge on any atom is -0.350 e. The zero-order chi connectivity index (χ0) is 28.5. The Morgan fingerprint density at radius 2 is 1.77 bits per heavy atom. The van der Waals surface area contributed by atoms with E-state index in [0.717, 1.165) is 19.4 Å². The summed E-state index contributed by atoms with van der Waals surface area (Å²) in [7, 11) is 0. The second-order valence-electron chi connectivity index (χ2n) is 11.1. The molecule has 0 aliphatic carbocycles. The highest BCUT2D eigenvalue weighted by molar-refractivity contribution is 6.42. The van der Waals surface area contributed by atoms with Crippen LogP contribution in [0.2, 0.25) is 10.0 Å². The number of benzene rings is 2. The average Bonchev–Trinajstić information content (AvgIpc) is 3.06. The second kappa shape index (κ2) is 15.0. The Bertz CT molecular complexity index is 1070. The third kappa shape index (κ3) is 8.94. The van der Waals surface area contributed by atoms with E-state index in [0.29, 0.717) is 53.7 Å². The smallest absolute Gasteiger partial charge is 0.251 e. The first-order chi connectivity index (χ1) is 18.6. The number of nitrogens with one attached hydrogen (secondary N) is 2. The molecule has 8 heteroatoms. The zero-order valence-electron chi connectivity index (χ0n) is 23.9. The van der Waals surface area contributed by atoms with Gasteiger partial charge in [0.2, 0.25) is 5.91 Å². The highest BCUT2D eigenvalue weighted by Crippen LogP contribution is 2.24. The molecular weight excluding hydrogens is 531 g/mol. The Kier molecular flexibility index (Phi) is 12.1. The molecule has 0 aromatic heterocycles. The maximum Gasteiger partial charge on any atom is 0.251 e. The van der Waals surface area contributed by atoms with Crippen molar-refractivity contribution in [1.29, 1.82) is 0 Å². The number of hydrogen-bond acceptors (Lipinski definition) is 4. The van der Waals surface area contributed by atoms with E-state index >= 15 is 0 Å². The molecule has 3 rings (SSSR count). The molecule has 0 saturated carbocycles. The fourth-order valence-corrected chi connectivity index (χ4v) is 5.74. The van der Waals surface area contributed by atoms with Crippen LogP contribution in [0.25, 0.3) is 0 Å². The van der Waals surface area contributed by atoms with E-state index in [4.69, 9.17) is 23.2 Å². The van der Waals surface area contributed by atoms with E-state index in [1.54, 1.807) is 18.2 Å². The summed E-state index contributed by atoms with van der Waals surface area (Å²) in [5.74, 6) is 0.222. The van der Waals surface area contributed by atoms with Gasteiger partial charge in [-0.05, 0) is 70.7 Å². The van der Waals surface area contributed by atoms with Crippen molar-refractivity contribution >= 4 is 35.0 Å². The van der Waals surface area contributed by atoms with Crippen molar-refractivity contribution in [2.24, 2.45) is 0 Å². The highest BCUT2D eigenvalue weighted by atomic mass is 35.5. The number of halogens is 2. The van der Waals surface area contributed by atoms with Gasteiger partial charge in [0.05, 0.1) is 16.1 Å². The summed E-state index contributed by atoms with van der Waals surface area (Å²) in [6, 6.07) is 15.8. The summed E-state index contributed by atoms with van der Waals surface area (Å²) in [6.07, 6.45) is 2.43. The SMILES string of the molecule is CCC(CN1CCC(CNC(=O)c2ccc(Cl)c(Cl)c2)NC(CCN(C(C)C)C(C)C)C1=O)c1ccccc1. The van der Waals surface area contributed by atoms with Gasteiger partial charge in [-0.1, -0.05) is 60.5 Å². The quantitative estimate of drug-likeness (QED) is 0.327. The van der Waals surface area contributed by atoms with Crippen molar-refractivity contribution in [2.75, 3.05) is 26.2 Å². The van der Waals surface area contributed by atoms with Crippen LogP contribution >= 0.6 is 23.2 Å². The van der Waals surface area contributed by atoms with Crippen molar-refractivity contribution in [3.8, 4) is 0 Å². The first-order valence-corrected chi connectivity index (χ1v) is 14.9. The summed E-state index contributed by atoms with van der Waals surface area (Å²) in [6.45, 7) is 13.6. The summed E-state index contributed by atoms with van der Waals surface area (Å²) < 4.78 is 0. The maximum atomic E-state index is 13.9. The maximum absolute atomic E-state index is 13.9. The largest absolute Gasteiger partial charge is 0.350 e. The molecule has 1 aliphatic heterocycles. The third-order valence-electron chi connectivity index (χ3n) is 7.69. The number of hydrogen-bond donors (Lipinski definition) is 2. The monoisotopic (exact) mass is 574 g/mol. The van der Waals surface area contributed by atoms with E-state index in [9.17, 15) is 9.59 Å². The van der Waals surface area contributed by atoms with Gasteiger partial charge in [-0.15, -0.1) is 0 Å². The minimum atomic E-state index is -0.312. The van der Waals surface area contributed by atoms with E-state index in [2.05, 4.69) is 74.4 Å². The lowest BCUT2D eigenvalue weighted by molar-refractivity contribution is -0.133. The topological polar surface area (TPSA) is 64.7 Å². The number of carbonyl (C=O) groups excluding carboxylic acids is 2. The molecule has 2 aromatic carbocycles. The van der Waals surface area contributed by atoms with Crippen molar-refractivity contribution in [3.63, 3.8) is 0 Å². The molecule has 1 heterocycles. The fraction of sp³-hybridized carbons (Fsp3) is 0.548. The van der Waals surface area contributed by atoms with Gasteiger partial charge >= 0.3 is 0 Å². The summed E-state index contributed by atoms with van der Waals surface area (Å²) in [4.78, 5) is 31.2. The van der Waals surface area contributed by atoms with Gasteiger partial charge in [0, 0.05) is 55.8 Å². The van der Waals surface area contributed by atoms with E-state index in [1.807, 2.05) is 11.0 Å². The molecule has 1 aliphatic rings. The lowest BCUT2D eigenvalue weighted by Gasteiger charge is -2.33. The summed E-state index contributed by atoms with van der Waals surface area (Å²) in [5.41, 5.74) is 1.73. The molecule has 3 atom stereocenters. The molecule has 6 nitrogen and oxygen atoms in total. The molecule has 0 radical (unpaired) electrons. The van der Waals surface area contributed by atoms with Crippen LogP contribution in [-0.2, 0) is 4.79 Å². The van der Waals surface area contributed by atoms with Gasteiger partial charge < -0.3 is 15.5 Å². The second-order valence-corrected chi connectivity index (χ2v) is 11.9. The van der Waals surface area contributed by atoms with Crippen LogP contribution in [0.1, 0.15) is 75.7 Å². The number of rotatable bonds is 12. The normalized spacial score (nSPS) is 19.0. The van der Waals surface area contributed by atoms with Crippen LogP contribution < -0.4 is 10.6 Å². The first-order valence-electron chi connectivity index (χ1n) is 14.2. The standard InChI is InChI=1S/C31H44Cl2N4O2/c1-6-23(24-10-8-7-9-11-24)20-36-16-14-26(19-34-30(38)25-12-13-27(32)28(33)18-25)35-29(31(36)39)15-17-37(21(2)3)22(4)5/h7-13,18,21-23,26,29,35H,6,14-17,19-20H2,1-5H3,(H,34,38). The van der Waals surface area contributed by atoms with Crippen LogP contribution in [0.5, 0.6) is 0 Å². The number of amides is 2. The molecule has 214 valence electrons. The van der Waals surface area contributed by atoms with Gasteiger partial charge in [-0.3, -0.25) is 14.5 Å². The van der Waals surface area contributed by atoms with Crippen molar-refractivity contribution in [2.45, 2.75) is 84.0 Å². The van der Waals surface area contributed by atoms with Crippen molar-refractivity contribution in [3.05, 3.63) is 69.7 Å². The van der Waals surface area contributed by atoms with E-state index in [-0.39, 0.29) is 29.8 Å². The third-order valence-corrected chi connectivity index (χ3v) is 8.43. The Hall–Kier alpha value is -2.12. The van der Waals surface area contributed by atoms with Crippen molar-refractivity contribution < 1.29 is 9.59 Å². The Labute approximate surface area is 244 Å². The molecule has 2 N–H and O–H groups in total. The van der Waals surface area contributed by atoms with Crippen molar-refractivity contribution in [1.82, 2.24) is 20.4 Å². The molecule has 3 unspecified atom stereocenters. The van der Waals surface area contributed by atoms with E-state index in [1.165, 1.54) is 5.56 Å². The zero-order valence-corrected chi connectivity index (χ0v) is 25.4. The minimum absolute atomic E-state index is 0.0287. The lowest BCUT2D eigenvalue weighted by atomic mass is 9.95. The Morgan fingerprint density at radius 3 is 2.38 bits per heavy atom. The molecule has 2 amide bonds. The van der Waals surface area contributed by atoms with Crippen LogP contribution in [-0.4, -0.2) is 72.0 Å². The fourth-order valence-electron chi connectivity index (χ4n) is 5.44. The highest BCUT2D eigenvalue weighted by Gasteiger charge is 2.33. The van der Waals surface area contributed by atoms with Gasteiger partial charge in [-0.2, -0.15) is 0 Å². The first kappa shape index (κ1) is 31.4. The van der Waals surface area contributed by atoms with E-state index < -0.39 is 0 Å². The Morgan fingerprint density at radius 1 is 1.08 bits per heavy atom. The molecular formula is C31H44Cl2N4O2. The summed E-state index contributed by atoms with van der Waals surface area (Å²) >= 11 is 12.1. The molecule has 0 bridgehead atoms. The molecule has 0 spiro atoms.